The second kappa shape index (κ2) is 5.74. The number of aromatic nitrogens is 1. The van der Waals surface area contributed by atoms with Gasteiger partial charge in [-0.2, -0.15) is 0 Å². The summed E-state index contributed by atoms with van der Waals surface area (Å²) in [6.45, 7) is 10.7. The Morgan fingerprint density at radius 3 is 2.44 bits per heavy atom. The first kappa shape index (κ1) is 18.3. The number of thiazole rings is 1. The topological polar surface area (TPSA) is 82.8 Å². The first-order valence-corrected chi connectivity index (χ1v) is 9.47. The predicted octanol–water partition coefficient (Wildman–Crippen LogP) is 3.41. The van der Waals surface area contributed by atoms with Gasteiger partial charge in [0.1, 0.15) is 5.01 Å². The third-order valence-electron chi connectivity index (χ3n) is 5.44. The van der Waals surface area contributed by atoms with E-state index in [2.05, 4.69) is 32.7 Å². The molecule has 2 heterocycles. The van der Waals surface area contributed by atoms with Crippen LogP contribution in [0, 0.1) is 5.92 Å². The standard InChI is InChI=1S/C19H26N2O3S/c1-17(2)8-9-18(3,4)14-13(17)21-16(25-14)19(5,24)12-7-6-11(10-20-12)15(22)23/h6-7,11,24H,8-10H2,1-5H3,(H,22,23). The number of carbonyl (C=O) groups is 1. The SMILES string of the molecule is CC1(C)CCC(C)(C)c2sc(C(C)(O)C3=NCC(C(=O)O)C=C3)nc21. The van der Waals surface area contributed by atoms with Crippen LogP contribution in [0.2, 0.25) is 0 Å². The highest BCUT2D eigenvalue weighted by atomic mass is 32.1. The summed E-state index contributed by atoms with van der Waals surface area (Å²) in [6.07, 6.45) is 5.39. The molecule has 2 atom stereocenters. The lowest BCUT2D eigenvalue weighted by Gasteiger charge is -2.37. The molecule has 25 heavy (non-hydrogen) atoms. The van der Waals surface area contributed by atoms with Gasteiger partial charge < -0.3 is 10.2 Å². The van der Waals surface area contributed by atoms with Crippen LogP contribution in [-0.2, 0) is 21.2 Å². The van der Waals surface area contributed by atoms with Gasteiger partial charge in [0.25, 0.3) is 0 Å². The lowest BCUT2D eigenvalue weighted by atomic mass is 9.69. The quantitative estimate of drug-likeness (QED) is 0.863. The first-order valence-electron chi connectivity index (χ1n) is 8.66. The van der Waals surface area contributed by atoms with Crippen molar-refractivity contribution in [3.63, 3.8) is 0 Å². The Morgan fingerprint density at radius 2 is 1.92 bits per heavy atom. The van der Waals surface area contributed by atoms with Gasteiger partial charge >= 0.3 is 5.97 Å². The zero-order valence-electron chi connectivity index (χ0n) is 15.5. The maximum Gasteiger partial charge on any atom is 0.312 e. The molecule has 0 saturated heterocycles. The van der Waals surface area contributed by atoms with Gasteiger partial charge in [0.15, 0.2) is 5.60 Å². The lowest BCUT2D eigenvalue weighted by molar-refractivity contribution is -0.139. The minimum atomic E-state index is -1.31. The fraction of sp³-hybridized carbons (Fsp3) is 0.632. The van der Waals surface area contributed by atoms with Crippen LogP contribution in [0.1, 0.15) is 63.0 Å². The molecule has 0 fully saturated rings. The monoisotopic (exact) mass is 362 g/mol. The highest BCUT2D eigenvalue weighted by molar-refractivity contribution is 7.12. The molecule has 0 saturated carbocycles. The lowest BCUT2D eigenvalue weighted by Crippen LogP contribution is -2.34. The number of aliphatic carboxylic acids is 1. The predicted molar refractivity (Wildman–Crippen MR) is 99.5 cm³/mol. The molecule has 3 rings (SSSR count). The number of aliphatic imine (C=N–C) groups is 1. The third-order valence-corrected chi connectivity index (χ3v) is 7.07. The number of hydrogen-bond donors (Lipinski definition) is 2. The van der Waals surface area contributed by atoms with E-state index in [1.165, 1.54) is 4.88 Å². The minimum absolute atomic E-state index is 0.00565. The zero-order valence-corrected chi connectivity index (χ0v) is 16.3. The summed E-state index contributed by atoms with van der Waals surface area (Å²) in [6, 6.07) is 0. The molecule has 136 valence electrons. The maximum absolute atomic E-state index is 11.1. The van der Waals surface area contributed by atoms with Crippen molar-refractivity contribution in [2.45, 2.75) is 63.9 Å². The summed E-state index contributed by atoms with van der Waals surface area (Å²) in [5, 5.41) is 20.9. The van der Waals surface area contributed by atoms with E-state index in [-0.39, 0.29) is 17.4 Å². The molecule has 5 nitrogen and oxygen atoms in total. The smallest absolute Gasteiger partial charge is 0.312 e. The largest absolute Gasteiger partial charge is 0.481 e. The maximum atomic E-state index is 11.1. The van der Waals surface area contributed by atoms with Crippen molar-refractivity contribution in [1.82, 2.24) is 4.98 Å². The van der Waals surface area contributed by atoms with Crippen LogP contribution >= 0.6 is 11.3 Å². The van der Waals surface area contributed by atoms with Gasteiger partial charge in [-0.3, -0.25) is 9.79 Å². The second-order valence-corrected chi connectivity index (χ2v) is 9.57. The molecule has 0 aromatic carbocycles. The summed E-state index contributed by atoms with van der Waals surface area (Å²) in [5.74, 6) is -1.52. The Bertz CT molecular complexity index is 738. The van der Waals surface area contributed by atoms with Crippen molar-refractivity contribution < 1.29 is 15.0 Å². The van der Waals surface area contributed by atoms with Crippen LogP contribution in [0.25, 0.3) is 0 Å². The van der Waals surface area contributed by atoms with Gasteiger partial charge in [-0.1, -0.05) is 33.8 Å². The number of nitrogens with zero attached hydrogens (tertiary/aromatic N) is 2. The van der Waals surface area contributed by atoms with Crippen molar-refractivity contribution in [3.05, 3.63) is 27.7 Å². The molecule has 2 unspecified atom stereocenters. The Labute approximate surface area is 152 Å². The van der Waals surface area contributed by atoms with Gasteiger partial charge in [0.05, 0.1) is 23.9 Å². The first-order chi connectivity index (χ1) is 11.4. The summed E-state index contributed by atoms with van der Waals surface area (Å²) >= 11 is 1.56. The molecule has 1 aliphatic carbocycles. The average molecular weight is 362 g/mol. The Morgan fingerprint density at radius 1 is 1.28 bits per heavy atom. The molecule has 6 heteroatoms. The van der Waals surface area contributed by atoms with Crippen molar-refractivity contribution in [1.29, 1.82) is 0 Å². The van der Waals surface area contributed by atoms with Crippen molar-refractivity contribution >= 4 is 23.0 Å². The Kier molecular flexibility index (Phi) is 4.20. The molecular weight excluding hydrogens is 336 g/mol. The summed E-state index contributed by atoms with van der Waals surface area (Å²) < 4.78 is 0. The van der Waals surface area contributed by atoms with Gasteiger partial charge in [0, 0.05) is 15.7 Å². The number of hydrogen-bond acceptors (Lipinski definition) is 5. The fourth-order valence-corrected chi connectivity index (χ4v) is 4.84. The fourth-order valence-electron chi connectivity index (χ4n) is 3.41. The number of rotatable bonds is 3. The van der Waals surface area contributed by atoms with Gasteiger partial charge in [-0.25, -0.2) is 4.98 Å². The van der Waals surface area contributed by atoms with E-state index in [0.29, 0.717) is 10.7 Å². The molecule has 1 aliphatic heterocycles. The summed E-state index contributed by atoms with van der Waals surface area (Å²) in [5.41, 5.74) is 0.289. The van der Waals surface area contributed by atoms with Crippen molar-refractivity contribution in [2.24, 2.45) is 10.9 Å². The Balaban J connectivity index is 1.99. The molecule has 0 amide bonds. The number of carboxylic acids is 1. The highest BCUT2D eigenvalue weighted by Gasteiger charge is 2.43. The van der Waals surface area contributed by atoms with E-state index in [1.54, 1.807) is 30.4 Å². The number of carboxylic acid groups (broad SMARTS) is 1. The third kappa shape index (κ3) is 3.06. The number of fused-ring (bicyclic) bond motifs is 1. The average Bonchev–Trinajstić information content (AvgIpc) is 3.01. The molecule has 0 bridgehead atoms. The van der Waals surface area contributed by atoms with Crippen molar-refractivity contribution in [2.75, 3.05) is 6.54 Å². The van der Waals surface area contributed by atoms with E-state index in [9.17, 15) is 9.90 Å². The minimum Gasteiger partial charge on any atom is -0.481 e. The molecule has 1 aromatic heterocycles. The summed E-state index contributed by atoms with van der Waals surface area (Å²) in [7, 11) is 0. The van der Waals surface area contributed by atoms with Crippen LogP contribution in [0.5, 0.6) is 0 Å². The van der Waals surface area contributed by atoms with Crippen LogP contribution in [0.4, 0.5) is 0 Å². The van der Waals surface area contributed by atoms with E-state index in [0.717, 1.165) is 18.5 Å². The van der Waals surface area contributed by atoms with Crippen LogP contribution in [0.3, 0.4) is 0 Å². The van der Waals surface area contributed by atoms with Gasteiger partial charge in [-0.05, 0) is 25.8 Å². The highest BCUT2D eigenvalue weighted by Crippen LogP contribution is 2.49. The van der Waals surface area contributed by atoms with E-state index < -0.39 is 17.5 Å². The van der Waals surface area contributed by atoms with E-state index in [1.807, 2.05) is 0 Å². The van der Waals surface area contributed by atoms with Crippen LogP contribution in [0.15, 0.2) is 17.1 Å². The molecular formula is C19H26N2O3S. The molecule has 2 aliphatic rings. The zero-order chi connectivity index (χ0) is 18.6. The van der Waals surface area contributed by atoms with E-state index in [4.69, 9.17) is 10.1 Å². The molecule has 1 aromatic rings. The Hall–Kier alpha value is -1.53. The van der Waals surface area contributed by atoms with Gasteiger partial charge in [0.2, 0.25) is 0 Å². The molecule has 2 N–H and O–H groups in total. The van der Waals surface area contributed by atoms with E-state index >= 15 is 0 Å². The van der Waals surface area contributed by atoms with Gasteiger partial charge in [-0.15, -0.1) is 11.3 Å². The normalized spacial score (nSPS) is 26.5. The van der Waals surface area contributed by atoms with Crippen molar-refractivity contribution in [3.8, 4) is 0 Å². The van der Waals surface area contributed by atoms with Crippen LogP contribution in [-0.4, -0.2) is 33.4 Å². The molecule has 0 radical (unpaired) electrons. The molecule has 0 spiro atoms. The second-order valence-electron chi connectivity index (χ2n) is 8.57. The number of dihydropyridines is 1. The van der Waals surface area contributed by atoms with Crippen LogP contribution < -0.4 is 0 Å². The number of aliphatic hydroxyl groups is 1. The summed E-state index contributed by atoms with van der Waals surface area (Å²) in [4.78, 5) is 21.5.